The highest BCUT2D eigenvalue weighted by Gasteiger charge is 2.27. The van der Waals surface area contributed by atoms with Gasteiger partial charge in [-0.1, -0.05) is 18.2 Å². The van der Waals surface area contributed by atoms with Gasteiger partial charge in [-0.3, -0.25) is 10.1 Å². The molecule has 144 valence electrons. The van der Waals surface area contributed by atoms with Crippen molar-refractivity contribution in [1.82, 2.24) is 30.3 Å². The summed E-state index contributed by atoms with van der Waals surface area (Å²) in [6.07, 6.45) is 5.53. The third kappa shape index (κ3) is 4.47. The first-order valence-electron chi connectivity index (χ1n) is 9.94. The van der Waals surface area contributed by atoms with Gasteiger partial charge in [0, 0.05) is 38.8 Å². The Morgan fingerprint density at radius 1 is 1.30 bits per heavy atom. The Morgan fingerprint density at radius 3 is 2.96 bits per heavy atom. The molecular weight excluding hydrogens is 338 g/mol. The molecule has 0 aliphatic carbocycles. The summed E-state index contributed by atoms with van der Waals surface area (Å²) in [7, 11) is 1.88. The summed E-state index contributed by atoms with van der Waals surface area (Å²) in [6.45, 7) is 6.76. The van der Waals surface area contributed by atoms with Gasteiger partial charge in [0.1, 0.15) is 6.33 Å². The van der Waals surface area contributed by atoms with Crippen molar-refractivity contribution in [2.45, 2.75) is 25.8 Å². The smallest absolute Gasteiger partial charge is 0.193 e. The molecule has 7 nitrogen and oxygen atoms in total. The standard InChI is InChI=1S/C20H29N7/c1-21-20(27-10-7-17(14-27)13-26-8-2-3-9-26)22-12-16-5-4-6-18(11-16)19-23-15-24-25-19/h4-6,11,15,17H,2-3,7-10,12-14H2,1H3,(H,21,22)(H,23,24,25). The van der Waals surface area contributed by atoms with Gasteiger partial charge >= 0.3 is 0 Å². The van der Waals surface area contributed by atoms with Crippen molar-refractivity contribution in [1.29, 1.82) is 0 Å². The van der Waals surface area contributed by atoms with Crippen LogP contribution in [0.15, 0.2) is 35.6 Å². The van der Waals surface area contributed by atoms with Gasteiger partial charge in [0.15, 0.2) is 11.8 Å². The zero-order valence-corrected chi connectivity index (χ0v) is 16.1. The SMILES string of the molecule is CN=C(NCc1cccc(-c2ncn[nH]2)c1)N1CCC(CN2CCCC2)C1. The van der Waals surface area contributed by atoms with Gasteiger partial charge in [-0.05, 0) is 49.9 Å². The normalized spacial score (nSPS) is 21.1. The van der Waals surface area contributed by atoms with Crippen molar-refractivity contribution < 1.29 is 0 Å². The Balaban J connectivity index is 1.31. The fourth-order valence-electron chi connectivity index (χ4n) is 4.19. The van der Waals surface area contributed by atoms with E-state index in [9.17, 15) is 0 Å². The van der Waals surface area contributed by atoms with Crippen LogP contribution in [-0.4, -0.2) is 70.7 Å². The number of hydrogen-bond acceptors (Lipinski definition) is 4. The van der Waals surface area contributed by atoms with Gasteiger partial charge in [0.2, 0.25) is 0 Å². The van der Waals surface area contributed by atoms with Gasteiger partial charge in [0.25, 0.3) is 0 Å². The average Bonchev–Trinajstić information content (AvgIpc) is 3.46. The zero-order valence-electron chi connectivity index (χ0n) is 16.1. The Labute approximate surface area is 160 Å². The third-order valence-corrected chi connectivity index (χ3v) is 5.58. The molecule has 2 fully saturated rings. The zero-order chi connectivity index (χ0) is 18.5. The fourth-order valence-corrected chi connectivity index (χ4v) is 4.19. The molecule has 4 rings (SSSR count). The van der Waals surface area contributed by atoms with E-state index in [1.54, 1.807) is 0 Å². The lowest BCUT2D eigenvalue weighted by Crippen LogP contribution is -2.40. The van der Waals surface area contributed by atoms with E-state index in [-0.39, 0.29) is 0 Å². The van der Waals surface area contributed by atoms with E-state index in [0.717, 1.165) is 42.9 Å². The van der Waals surface area contributed by atoms with Crippen LogP contribution in [0.25, 0.3) is 11.4 Å². The summed E-state index contributed by atoms with van der Waals surface area (Å²) in [5, 5.41) is 10.4. The lowest BCUT2D eigenvalue weighted by Gasteiger charge is -2.23. The second-order valence-corrected chi connectivity index (χ2v) is 7.54. The number of H-pyrrole nitrogens is 1. The molecule has 2 aromatic rings. The lowest BCUT2D eigenvalue weighted by molar-refractivity contribution is 0.281. The largest absolute Gasteiger partial charge is 0.352 e. The number of hydrogen-bond donors (Lipinski definition) is 2. The van der Waals surface area contributed by atoms with Crippen LogP contribution in [-0.2, 0) is 6.54 Å². The minimum absolute atomic E-state index is 0.752. The Bertz CT molecular complexity index is 749. The van der Waals surface area contributed by atoms with Crippen LogP contribution in [0.5, 0.6) is 0 Å². The second-order valence-electron chi connectivity index (χ2n) is 7.54. The van der Waals surface area contributed by atoms with Crippen LogP contribution >= 0.6 is 0 Å². The van der Waals surface area contributed by atoms with Crippen LogP contribution in [0.1, 0.15) is 24.8 Å². The molecule has 0 amide bonds. The number of aromatic amines is 1. The predicted molar refractivity (Wildman–Crippen MR) is 107 cm³/mol. The van der Waals surface area contributed by atoms with Gasteiger partial charge < -0.3 is 15.1 Å². The van der Waals surface area contributed by atoms with Crippen molar-refractivity contribution >= 4 is 5.96 Å². The van der Waals surface area contributed by atoms with E-state index in [2.05, 4.69) is 53.5 Å². The van der Waals surface area contributed by atoms with Crippen LogP contribution in [0.3, 0.4) is 0 Å². The minimum Gasteiger partial charge on any atom is -0.352 e. The molecule has 2 aliphatic heterocycles. The molecule has 1 unspecified atom stereocenters. The molecule has 7 heteroatoms. The molecule has 0 bridgehead atoms. The van der Waals surface area contributed by atoms with Gasteiger partial charge in [-0.25, -0.2) is 4.98 Å². The summed E-state index contributed by atoms with van der Waals surface area (Å²) in [4.78, 5) is 13.8. The molecule has 0 radical (unpaired) electrons. The van der Waals surface area contributed by atoms with E-state index in [1.165, 1.54) is 50.8 Å². The van der Waals surface area contributed by atoms with Crippen LogP contribution in [0.4, 0.5) is 0 Å². The molecule has 27 heavy (non-hydrogen) atoms. The molecule has 0 spiro atoms. The van der Waals surface area contributed by atoms with E-state index < -0.39 is 0 Å². The van der Waals surface area contributed by atoms with E-state index >= 15 is 0 Å². The first-order valence-corrected chi connectivity index (χ1v) is 9.94. The van der Waals surface area contributed by atoms with Crippen LogP contribution < -0.4 is 5.32 Å². The molecule has 2 saturated heterocycles. The highest BCUT2D eigenvalue weighted by Crippen LogP contribution is 2.20. The number of aromatic nitrogens is 3. The second kappa shape index (κ2) is 8.52. The molecule has 3 heterocycles. The predicted octanol–water partition coefficient (Wildman–Crippen LogP) is 1.96. The molecule has 1 atom stereocenters. The number of rotatable bonds is 5. The van der Waals surface area contributed by atoms with E-state index in [1.807, 2.05) is 13.1 Å². The Morgan fingerprint density at radius 2 is 2.19 bits per heavy atom. The van der Waals surface area contributed by atoms with E-state index in [0.29, 0.717) is 0 Å². The van der Waals surface area contributed by atoms with Crippen molar-refractivity contribution in [2.24, 2.45) is 10.9 Å². The van der Waals surface area contributed by atoms with Crippen LogP contribution in [0, 0.1) is 5.92 Å². The third-order valence-electron chi connectivity index (χ3n) is 5.58. The summed E-state index contributed by atoms with van der Waals surface area (Å²) in [5.74, 6) is 2.56. The van der Waals surface area contributed by atoms with Crippen molar-refractivity contribution in [2.75, 3.05) is 39.8 Å². The maximum Gasteiger partial charge on any atom is 0.193 e. The molecule has 0 saturated carbocycles. The molecule has 1 aromatic heterocycles. The molecule has 1 aromatic carbocycles. The quantitative estimate of drug-likeness (QED) is 0.624. The number of nitrogens with one attached hydrogen (secondary N) is 2. The summed E-state index contributed by atoms with van der Waals surface area (Å²) in [6, 6.07) is 8.36. The van der Waals surface area contributed by atoms with Gasteiger partial charge in [0.05, 0.1) is 0 Å². The maximum absolute atomic E-state index is 4.51. The van der Waals surface area contributed by atoms with Crippen molar-refractivity contribution in [3.8, 4) is 11.4 Å². The fraction of sp³-hybridized carbons (Fsp3) is 0.550. The highest BCUT2D eigenvalue weighted by molar-refractivity contribution is 5.80. The Hall–Kier alpha value is -2.41. The van der Waals surface area contributed by atoms with Crippen molar-refractivity contribution in [3.05, 3.63) is 36.2 Å². The topological polar surface area (TPSA) is 72.4 Å². The number of guanidine groups is 1. The van der Waals surface area contributed by atoms with E-state index in [4.69, 9.17) is 0 Å². The summed E-state index contributed by atoms with van der Waals surface area (Å²) >= 11 is 0. The van der Waals surface area contributed by atoms with Gasteiger partial charge in [-0.15, -0.1) is 0 Å². The average molecular weight is 368 g/mol. The summed E-state index contributed by atoms with van der Waals surface area (Å²) in [5.41, 5.74) is 2.26. The van der Waals surface area contributed by atoms with Crippen LogP contribution in [0.2, 0.25) is 0 Å². The Kier molecular flexibility index (Phi) is 5.67. The molecule has 2 aliphatic rings. The number of benzene rings is 1. The minimum atomic E-state index is 0.752. The molecule has 2 N–H and O–H groups in total. The highest BCUT2D eigenvalue weighted by atomic mass is 15.3. The monoisotopic (exact) mass is 367 g/mol. The number of aliphatic imine (C=N–C) groups is 1. The van der Waals surface area contributed by atoms with Crippen molar-refractivity contribution in [3.63, 3.8) is 0 Å². The maximum atomic E-state index is 4.51. The first kappa shape index (κ1) is 18.0. The lowest BCUT2D eigenvalue weighted by atomic mass is 10.1. The molecular formula is C20H29N7. The number of likely N-dealkylation sites (tertiary alicyclic amines) is 2. The summed E-state index contributed by atoms with van der Waals surface area (Å²) < 4.78 is 0. The number of nitrogens with zero attached hydrogens (tertiary/aromatic N) is 5. The van der Waals surface area contributed by atoms with Gasteiger partial charge in [-0.2, -0.15) is 5.10 Å². The first-order chi connectivity index (χ1) is 13.3.